The van der Waals surface area contributed by atoms with Gasteiger partial charge in [-0.1, -0.05) is 63.6 Å². The van der Waals surface area contributed by atoms with Crippen LogP contribution in [0.4, 0.5) is 0 Å². The number of ether oxygens (including phenoxy) is 1. The highest BCUT2D eigenvalue weighted by Gasteiger charge is 2.30. The third-order valence-corrected chi connectivity index (χ3v) is 4.61. The van der Waals surface area contributed by atoms with Crippen LogP contribution in [0.15, 0.2) is 12.1 Å². The van der Waals surface area contributed by atoms with Gasteiger partial charge < -0.3 is 4.74 Å². The number of aryl methyl sites for hydroxylation is 3. The van der Waals surface area contributed by atoms with Crippen LogP contribution in [0.5, 0.6) is 0 Å². The van der Waals surface area contributed by atoms with E-state index < -0.39 is 5.92 Å². The SMILES string of the molecule is CCCCCCOC(=O)C(CCCC)C(=O)c1c(C)cc(C)cc1C. The maximum absolute atomic E-state index is 13.1. The van der Waals surface area contributed by atoms with Gasteiger partial charge in [-0.3, -0.25) is 9.59 Å². The van der Waals surface area contributed by atoms with Crippen LogP contribution in [0.1, 0.15) is 85.8 Å². The van der Waals surface area contributed by atoms with Crippen molar-refractivity contribution in [2.45, 2.75) is 79.6 Å². The molecule has 1 unspecified atom stereocenters. The molecule has 0 aliphatic rings. The monoisotopic (exact) mass is 346 g/mol. The third kappa shape index (κ3) is 6.64. The molecule has 3 nitrogen and oxygen atoms in total. The molecule has 3 heteroatoms. The van der Waals surface area contributed by atoms with Crippen molar-refractivity contribution in [1.29, 1.82) is 0 Å². The van der Waals surface area contributed by atoms with Crippen LogP contribution in [-0.2, 0) is 9.53 Å². The first kappa shape index (κ1) is 21.4. The summed E-state index contributed by atoms with van der Waals surface area (Å²) in [5, 5.41) is 0. The summed E-state index contributed by atoms with van der Waals surface area (Å²) in [6, 6.07) is 4.01. The number of esters is 1. The van der Waals surface area contributed by atoms with Gasteiger partial charge in [0.15, 0.2) is 5.78 Å². The van der Waals surface area contributed by atoms with E-state index in [1.807, 2.05) is 32.9 Å². The van der Waals surface area contributed by atoms with Gasteiger partial charge in [0.1, 0.15) is 5.92 Å². The fraction of sp³-hybridized carbons (Fsp3) is 0.636. The molecule has 0 fully saturated rings. The average molecular weight is 347 g/mol. The molecule has 1 aromatic rings. The molecule has 0 bridgehead atoms. The number of rotatable bonds is 11. The zero-order valence-electron chi connectivity index (χ0n) is 16.6. The van der Waals surface area contributed by atoms with Gasteiger partial charge in [-0.2, -0.15) is 0 Å². The van der Waals surface area contributed by atoms with Crippen LogP contribution < -0.4 is 0 Å². The van der Waals surface area contributed by atoms with Crippen molar-refractivity contribution in [3.8, 4) is 0 Å². The molecule has 0 heterocycles. The first-order valence-electron chi connectivity index (χ1n) is 9.71. The van der Waals surface area contributed by atoms with Crippen LogP contribution in [0.25, 0.3) is 0 Å². The van der Waals surface area contributed by atoms with Gasteiger partial charge in [-0.15, -0.1) is 0 Å². The Morgan fingerprint density at radius 2 is 1.52 bits per heavy atom. The molecular formula is C22H34O3. The minimum atomic E-state index is -0.675. The van der Waals surface area contributed by atoms with Gasteiger partial charge in [0, 0.05) is 5.56 Å². The fourth-order valence-corrected chi connectivity index (χ4v) is 3.31. The predicted molar refractivity (Wildman–Crippen MR) is 103 cm³/mol. The summed E-state index contributed by atoms with van der Waals surface area (Å²) in [6.07, 6.45) is 6.61. The molecule has 0 aliphatic heterocycles. The van der Waals surface area contributed by atoms with E-state index >= 15 is 0 Å². The molecular weight excluding hydrogens is 312 g/mol. The van der Waals surface area contributed by atoms with Crippen molar-refractivity contribution in [3.63, 3.8) is 0 Å². The van der Waals surface area contributed by atoms with Crippen LogP contribution >= 0.6 is 0 Å². The summed E-state index contributed by atoms with van der Waals surface area (Å²) in [7, 11) is 0. The highest BCUT2D eigenvalue weighted by Crippen LogP contribution is 2.24. The Morgan fingerprint density at radius 1 is 0.920 bits per heavy atom. The summed E-state index contributed by atoms with van der Waals surface area (Å²) < 4.78 is 5.43. The predicted octanol–water partition coefficient (Wildman–Crippen LogP) is 5.72. The van der Waals surface area contributed by atoms with Crippen LogP contribution in [0.2, 0.25) is 0 Å². The number of hydrogen-bond donors (Lipinski definition) is 0. The van der Waals surface area contributed by atoms with Crippen molar-refractivity contribution in [2.24, 2.45) is 5.92 Å². The maximum atomic E-state index is 13.1. The maximum Gasteiger partial charge on any atom is 0.316 e. The molecule has 25 heavy (non-hydrogen) atoms. The number of ketones is 1. The van der Waals surface area contributed by atoms with E-state index in [-0.39, 0.29) is 11.8 Å². The van der Waals surface area contributed by atoms with Crippen molar-refractivity contribution >= 4 is 11.8 Å². The summed E-state index contributed by atoms with van der Waals surface area (Å²) in [5.74, 6) is -1.11. The second-order valence-corrected chi connectivity index (χ2v) is 7.06. The smallest absolute Gasteiger partial charge is 0.316 e. The fourth-order valence-electron chi connectivity index (χ4n) is 3.31. The molecule has 0 spiro atoms. The largest absolute Gasteiger partial charge is 0.465 e. The Bertz CT molecular complexity index is 552. The Balaban J connectivity index is 2.87. The summed E-state index contributed by atoms with van der Waals surface area (Å²) in [5.41, 5.74) is 3.71. The van der Waals surface area contributed by atoms with Gasteiger partial charge in [0.2, 0.25) is 0 Å². The Labute approximate surface area is 153 Å². The van der Waals surface area contributed by atoms with E-state index in [2.05, 4.69) is 13.8 Å². The minimum Gasteiger partial charge on any atom is -0.465 e. The zero-order valence-corrected chi connectivity index (χ0v) is 16.6. The molecule has 0 saturated carbocycles. The van der Waals surface area contributed by atoms with E-state index in [1.54, 1.807) is 0 Å². The van der Waals surface area contributed by atoms with Crippen LogP contribution in [-0.4, -0.2) is 18.4 Å². The second kappa shape index (κ2) is 11.1. The lowest BCUT2D eigenvalue weighted by molar-refractivity contribution is -0.147. The number of benzene rings is 1. The number of carbonyl (C=O) groups is 2. The molecule has 0 amide bonds. The average Bonchev–Trinajstić information content (AvgIpc) is 2.54. The summed E-state index contributed by atoms with van der Waals surface area (Å²) >= 11 is 0. The highest BCUT2D eigenvalue weighted by atomic mass is 16.5. The second-order valence-electron chi connectivity index (χ2n) is 7.06. The molecule has 0 aromatic heterocycles. The van der Waals surface area contributed by atoms with Crippen molar-refractivity contribution in [2.75, 3.05) is 6.61 Å². The van der Waals surface area contributed by atoms with Gasteiger partial charge in [-0.25, -0.2) is 0 Å². The van der Waals surface area contributed by atoms with E-state index in [1.165, 1.54) is 0 Å². The first-order valence-corrected chi connectivity index (χ1v) is 9.71. The van der Waals surface area contributed by atoms with Gasteiger partial charge in [0.05, 0.1) is 6.61 Å². The van der Waals surface area contributed by atoms with E-state index in [0.717, 1.165) is 55.2 Å². The molecule has 1 atom stereocenters. The van der Waals surface area contributed by atoms with Gasteiger partial charge >= 0.3 is 5.97 Å². The normalized spacial score (nSPS) is 12.0. The lowest BCUT2D eigenvalue weighted by Crippen LogP contribution is -2.28. The standard InChI is InChI=1S/C22H34O3/c1-6-8-10-11-13-25-22(24)19(12-9-7-2)21(23)20-17(4)14-16(3)15-18(20)5/h14-15,19H,6-13H2,1-5H3. The summed E-state index contributed by atoms with van der Waals surface area (Å²) in [4.78, 5) is 25.6. The van der Waals surface area contributed by atoms with Crippen LogP contribution in [0.3, 0.4) is 0 Å². The number of carbonyl (C=O) groups excluding carboxylic acids is 2. The third-order valence-electron chi connectivity index (χ3n) is 4.61. The van der Waals surface area contributed by atoms with Crippen LogP contribution in [0, 0.1) is 26.7 Å². The number of Topliss-reactive ketones (excluding diaryl/α,β-unsaturated/α-hetero) is 1. The Hall–Kier alpha value is -1.64. The quantitative estimate of drug-likeness (QED) is 0.223. The minimum absolute atomic E-state index is 0.0815. The topological polar surface area (TPSA) is 43.4 Å². The van der Waals surface area contributed by atoms with Gasteiger partial charge in [0.25, 0.3) is 0 Å². The van der Waals surface area contributed by atoms with E-state index in [4.69, 9.17) is 4.74 Å². The summed E-state index contributed by atoms with van der Waals surface area (Å²) in [6.45, 7) is 10.5. The lowest BCUT2D eigenvalue weighted by Gasteiger charge is -2.18. The van der Waals surface area contributed by atoms with Crippen molar-refractivity contribution in [3.05, 3.63) is 34.4 Å². The Kier molecular flexibility index (Phi) is 9.48. The number of hydrogen-bond acceptors (Lipinski definition) is 3. The molecule has 0 aliphatic carbocycles. The molecule has 0 N–H and O–H groups in total. The van der Waals surface area contributed by atoms with E-state index in [9.17, 15) is 9.59 Å². The Morgan fingerprint density at radius 3 is 2.08 bits per heavy atom. The molecule has 1 aromatic carbocycles. The highest BCUT2D eigenvalue weighted by molar-refractivity contribution is 6.10. The van der Waals surface area contributed by atoms with E-state index in [0.29, 0.717) is 18.6 Å². The number of unbranched alkanes of at least 4 members (excludes halogenated alkanes) is 4. The van der Waals surface area contributed by atoms with Gasteiger partial charge in [-0.05, 0) is 44.7 Å². The molecule has 1 rings (SSSR count). The molecule has 0 radical (unpaired) electrons. The van der Waals surface area contributed by atoms with Crippen molar-refractivity contribution in [1.82, 2.24) is 0 Å². The lowest BCUT2D eigenvalue weighted by atomic mass is 9.87. The molecule has 140 valence electrons. The van der Waals surface area contributed by atoms with Crippen molar-refractivity contribution < 1.29 is 14.3 Å². The molecule has 0 saturated heterocycles. The first-order chi connectivity index (χ1) is 11.9. The zero-order chi connectivity index (χ0) is 18.8.